The number of rotatable bonds is 9. The summed E-state index contributed by atoms with van der Waals surface area (Å²) in [7, 11) is 0. The van der Waals surface area contributed by atoms with Gasteiger partial charge in [-0.25, -0.2) is 0 Å². The molecule has 3 rings (SSSR count). The van der Waals surface area contributed by atoms with Crippen LogP contribution in [0.25, 0.3) is 11.3 Å². The van der Waals surface area contributed by atoms with Gasteiger partial charge >= 0.3 is 12.3 Å². The smallest absolute Gasteiger partial charge is 0.373 e. The highest BCUT2D eigenvalue weighted by molar-refractivity contribution is 5.73. The molecule has 1 amide bonds. The van der Waals surface area contributed by atoms with Crippen molar-refractivity contribution >= 4 is 18.2 Å². The van der Waals surface area contributed by atoms with Gasteiger partial charge in [0.2, 0.25) is 5.91 Å². The maximum atomic E-state index is 11.6. The van der Waals surface area contributed by atoms with Crippen LogP contribution in [-0.4, -0.2) is 23.7 Å². The molecule has 190 valence electrons. The van der Waals surface area contributed by atoms with E-state index >= 15 is 0 Å². The van der Waals surface area contributed by atoms with Crippen molar-refractivity contribution in [1.82, 2.24) is 5.32 Å². The summed E-state index contributed by atoms with van der Waals surface area (Å²) in [5.41, 5.74) is 2.14. The maximum absolute atomic E-state index is 11.6. The first-order chi connectivity index (χ1) is 17.3. The number of hydrogen-bond acceptors (Lipinski definition) is 7. The topological polar surface area (TPSA) is 120 Å². The van der Waals surface area contributed by atoms with E-state index in [1.54, 1.807) is 6.92 Å². The highest BCUT2D eigenvalue weighted by atomic mass is 16.5. The number of carbonyl (C=O) groups excluding carboxylic acids is 5. The van der Waals surface area contributed by atoms with Crippen LogP contribution in [0.3, 0.4) is 0 Å². The maximum Gasteiger partial charge on any atom is 0.373 e. The Morgan fingerprint density at radius 2 is 1.36 bits per heavy atom. The zero-order valence-corrected chi connectivity index (χ0v) is 21.0. The Kier molecular flexibility index (Phi) is 12.9. The molecular formula is C28H31NO7. The van der Waals surface area contributed by atoms with Crippen molar-refractivity contribution in [2.45, 2.75) is 58.9 Å². The molecule has 0 saturated heterocycles. The third-order valence-corrected chi connectivity index (χ3v) is 5.73. The van der Waals surface area contributed by atoms with Crippen LogP contribution in [0.2, 0.25) is 0 Å². The van der Waals surface area contributed by atoms with Crippen molar-refractivity contribution in [3.63, 3.8) is 0 Å². The molecule has 8 nitrogen and oxygen atoms in total. The molecule has 0 aliphatic heterocycles. The fourth-order valence-electron chi connectivity index (χ4n) is 3.74. The van der Waals surface area contributed by atoms with Gasteiger partial charge in [-0.15, -0.1) is 0 Å². The van der Waals surface area contributed by atoms with E-state index in [1.165, 1.54) is 5.56 Å². The Labute approximate surface area is 210 Å². The number of benzene rings is 2. The molecule has 2 aromatic carbocycles. The molecule has 1 N–H and O–H groups in total. The Bertz CT molecular complexity index is 1120. The van der Waals surface area contributed by atoms with Gasteiger partial charge in [-0.2, -0.15) is 19.2 Å². The van der Waals surface area contributed by atoms with Crippen molar-refractivity contribution in [3.05, 3.63) is 72.0 Å². The molecule has 1 aromatic heterocycles. The van der Waals surface area contributed by atoms with Gasteiger partial charge in [0.1, 0.15) is 23.0 Å². The quantitative estimate of drug-likeness (QED) is 0.417. The van der Waals surface area contributed by atoms with Crippen molar-refractivity contribution < 1.29 is 33.1 Å². The van der Waals surface area contributed by atoms with Crippen LogP contribution in [0.4, 0.5) is 0 Å². The summed E-state index contributed by atoms with van der Waals surface area (Å²) < 4.78 is 11.6. The highest BCUT2D eigenvalue weighted by Gasteiger charge is 2.26. The van der Waals surface area contributed by atoms with Crippen LogP contribution in [-0.2, 0) is 30.4 Å². The number of furan rings is 1. The Morgan fingerprint density at radius 3 is 1.78 bits per heavy atom. The van der Waals surface area contributed by atoms with Crippen molar-refractivity contribution in [1.29, 1.82) is 0 Å². The van der Waals surface area contributed by atoms with Gasteiger partial charge in [-0.1, -0.05) is 26.0 Å². The summed E-state index contributed by atoms with van der Waals surface area (Å²) in [6.45, 7) is 7.80. The monoisotopic (exact) mass is 493 g/mol. The van der Waals surface area contributed by atoms with Crippen LogP contribution in [0, 0.1) is 6.92 Å². The summed E-state index contributed by atoms with van der Waals surface area (Å²) in [5.74, 6) is 3.39. The number of ether oxygens (including phenoxy) is 1. The molecule has 0 saturated carbocycles. The average molecular weight is 494 g/mol. The summed E-state index contributed by atoms with van der Waals surface area (Å²) in [6.07, 6.45) is 4.20. The minimum Gasteiger partial charge on any atom is -0.461 e. The first-order valence-electron chi connectivity index (χ1n) is 11.5. The van der Waals surface area contributed by atoms with Crippen molar-refractivity contribution in [2.24, 2.45) is 0 Å². The third kappa shape index (κ3) is 9.94. The number of carbonyl (C=O) groups is 1. The lowest BCUT2D eigenvalue weighted by atomic mass is 9.86. The average Bonchev–Trinajstić information content (AvgIpc) is 3.30. The molecule has 36 heavy (non-hydrogen) atoms. The van der Waals surface area contributed by atoms with Crippen molar-refractivity contribution in [2.75, 3.05) is 0 Å². The Hall–Kier alpha value is -4.25. The van der Waals surface area contributed by atoms with Gasteiger partial charge in [0, 0.05) is 18.0 Å². The van der Waals surface area contributed by atoms with E-state index in [-0.39, 0.29) is 23.7 Å². The molecule has 0 fully saturated rings. The number of amides is 1. The van der Waals surface area contributed by atoms with E-state index in [2.05, 4.69) is 31.3 Å². The van der Waals surface area contributed by atoms with Crippen LogP contribution >= 0.6 is 0 Å². The molecular weight excluding hydrogens is 462 g/mol. The molecule has 0 bridgehead atoms. The van der Waals surface area contributed by atoms with E-state index in [1.807, 2.05) is 55.5 Å². The van der Waals surface area contributed by atoms with Crippen LogP contribution in [0.1, 0.15) is 51.4 Å². The SMILES string of the molecule is CCC(CC)(CCc1ccc(Oc2ccc(-c3ccc(C)o3)cc2)cc1)NC(C)=O.O=C=O.O=C=O. The van der Waals surface area contributed by atoms with Gasteiger partial charge in [-0.3, -0.25) is 4.79 Å². The van der Waals surface area contributed by atoms with Crippen molar-refractivity contribution in [3.8, 4) is 22.8 Å². The van der Waals surface area contributed by atoms with Crippen LogP contribution in [0.5, 0.6) is 11.5 Å². The molecule has 0 spiro atoms. The summed E-state index contributed by atoms with van der Waals surface area (Å²) in [5, 5.41) is 3.15. The minimum atomic E-state index is -0.130. The van der Waals surface area contributed by atoms with Gasteiger partial charge in [0.15, 0.2) is 0 Å². The largest absolute Gasteiger partial charge is 0.461 e. The summed E-state index contributed by atoms with van der Waals surface area (Å²) >= 11 is 0. The second kappa shape index (κ2) is 15.6. The predicted molar refractivity (Wildman–Crippen MR) is 131 cm³/mol. The zero-order chi connectivity index (χ0) is 27.0. The molecule has 0 aliphatic rings. The standard InChI is InChI=1S/C26H31NO3.2CO2/c1-5-26(6-2,27-20(4)28)18-17-21-8-12-23(13-9-21)30-24-14-10-22(11-15-24)25-16-7-19(3)29-25;2*2-1-3/h7-16H,5-6,17-18H2,1-4H3,(H,27,28);;. The van der Waals surface area contributed by atoms with Gasteiger partial charge < -0.3 is 14.5 Å². The fourth-order valence-corrected chi connectivity index (χ4v) is 3.74. The normalized spacial score (nSPS) is 9.89. The molecule has 8 heteroatoms. The zero-order valence-electron chi connectivity index (χ0n) is 21.0. The molecule has 1 heterocycles. The molecule has 0 unspecified atom stereocenters. The second-order valence-corrected chi connectivity index (χ2v) is 8.02. The lowest BCUT2D eigenvalue weighted by molar-refractivity contribution is -0.193. The van der Waals surface area contributed by atoms with Gasteiger partial charge in [0.25, 0.3) is 0 Å². The molecule has 0 radical (unpaired) electrons. The Balaban J connectivity index is 0.000000982. The van der Waals surface area contributed by atoms with E-state index in [9.17, 15) is 4.79 Å². The fraction of sp³-hybridized carbons (Fsp3) is 0.321. The summed E-state index contributed by atoms with van der Waals surface area (Å²) in [6, 6.07) is 20.0. The first-order valence-corrected chi connectivity index (χ1v) is 11.5. The molecule has 0 atom stereocenters. The van der Waals surface area contributed by atoms with Crippen LogP contribution in [0.15, 0.2) is 65.1 Å². The van der Waals surface area contributed by atoms with E-state index in [0.717, 1.165) is 54.3 Å². The number of aryl methyl sites for hydroxylation is 2. The van der Waals surface area contributed by atoms with Crippen LogP contribution < -0.4 is 10.1 Å². The van der Waals surface area contributed by atoms with E-state index < -0.39 is 0 Å². The predicted octanol–water partition coefficient (Wildman–Crippen LogP) is 5.51. The molecule has 0 aliphatic carbocycles. The molecule has 3 aromatic rings. The van der Waals surface area contributed by atoms with Gasteiger partial charge in [-0.05, 0) is 86.7 Å². The lowest BCUT2D eigenvalue weighted by Crippen LogP contribution is -2.47. The van der Waals surface area contributed by atoms with E-state index in [0.29, 0.717) is 0 Å². The third-order valence-electron chi connectivity index (χ3n) is 5.73. The number of nitrogens with one attached hydrogen (secondary N) is 1. The lowest BCUT2D eigenvalue weighted by Gasteiger charge is -2.32. The van der Waals surface area contributed by atoms with Gasteiger partial charge in [0.05, 0.1) is 0 Å². The number of hydrogen-bond donors (Lipinski definition) is 1. The van der Waals surface area contributed by atoms with E-state index in [4.69, 9.17) is 28.3 Å². The highest BCUT2D eigenvalue weighted by Crippen LogP contribution is 2.28. The minimum absolute atomic E-state index is 0.0376. The summed E-state index contributed by atoms with van der Waals surface area (Å²) in [4.78, 5) is 44.1. The Morgan fingerprint density at radius 1 is 0.861 bits per heavy atom. The first kappa shape index (κ1) is 29.8. The second-order valence-electron chi connectivity index (χ2n) is 8.02.